The van der Waals surface area contributed by atoms with E-state index in [2.05, 4.69) is 6.07 Å². The van der Waals surface area contributed by atoms with Crippen molar-refractivity contribution in [3.8, 4) is 16.5 Å². The van der Waals surface area contributed by atoms with Crippen LogP contribution in [-0.2, 0) is 9.53 Å². The van der Waals surface area contributed by atoms with E-state index in [1.165, 1.54) is 11.3 Å². The number of hydrogen-bond acceptors (Lipinski definition) is 5. The van der Waals surface area contributed by atoms with Crippen molar-refractivity contribution in [2.75, 3.05) is 0 Å². The van der Waals surface area contributed by atoms with E-state index >= 15 is 0 Å². The zero-order valence-corrected chi connectivity index (χ0v) is 19.3. The Morgan fingerprint density at radius 2 is 1.87 bits per heavy atom. The predicted molar refractivity (Wildman–Crippen MR) is 120 cm³/mol. The molecule has 1 atom stereocenters. The third-order valence-electron chi connectivity index (χ3n) is 5.24. The van der Waals surface area contributed by atoms with E-state index in [0.29, 0.717) is 44.8 Å². The fourth-order valence-electron chi connectivity index (χ4n) is 3.99. The third-order valence-corrected chi connectivity index (χ3v) is 7.22. The van der Waals surface area contributed by atoms with E-state index in [1.54, 1.807) is 12.1 Å². The second-order valence-electron chi connectivity index (χ2n) is 8.15. The summed E-state index contributed by atoms with van der Waals surface area (Å²) < 4.78 is 5.74. The number of nitrogens with zero attached hydrogens (tertiary/aromatic N) is 1. The molecule has 1 aromatic carbocycles. The molecular formula is C22H17Cl3N2O2S. The molecule has 2 aliphatic rings. The van der Waals surface area contributed by atoms with Crippen LogP contribution in [-0.4, -0.2) is 5.78 Å². The summed E-state index contributed by atoms with van der Waals surface area (Å²) in [5.41, 5.74) is 7.27. The normalized spacial score (nSPS) is 20.7. The molecule has 30 heavy (non-hydrogen) atoms. The van der Waals surface area contributed by atoms with E-state index in [9.17, 15) is 10.1 Å². The molecule has 0 saturated heterocycles. The fourth-order valence-corrected chi connectivity index (χ4v) is 6.32. The summed E-state index contributed by atoms with van der Waals surface area (Å²) in [4.78, 5) is 14.7. The highest BCUT2D eigenvalue weighted by Crippen LogP contribution is 2.50. The zero-order chi connectivity index (χ0) is 21.8. The Morgan fingerprint density at radius 1 is 1.20 bits per heavy atom. The monoisotopic (exact) mass is 478 g/mol. The summed E-state index contributed by atoms with van der Waals surface area (Å²) in [6.07, 6.45) is 0.967. The molecule has 1 aromatic heterocycles. The van der Waals surface area contributed by atoms with Gasteiger partial charge in [0.1, 0.15) is 17.4 Å². The first-order valence-corrected chi connectivity index (χ1v) is 11.1. The van der Waals surface area contributed by atoms with Crippen LogP contribution in [0, 0.1) is 16.7 Å². The molecule has 0 fully saturated rings. The molecular weight excluding hydrogens is 463 g/mol. The molecule has 0 amide bonds. The highest BCUT2D eigenvalue weighted by atomic mass is 35.5. The van der Waals surface area contributed by atoms with Crippen molar-refractivity contribution >= 4 is 51.9 Å². The molecule has 154 valence electrons. The summed E-state index contributed by atoms with van der Waals surface area (Å²) in [6, 6.07) is 9.14. The molecule has 4 nitrogen and oxygen atoms in total. The number of halogens is 3. The molecule has 0 bridgehead atoms. The first-order chi connectivity index (χ1) is 14.1. The van der Waals surface area contributed by atoms with Gasteiger partial charge in [0.05, 0.1) is 16.0 Å². The van der Waals surface area contributed by atoms with E-state index in [4.69, 9.17) is 45.3 Å². The van der Waals surface area contributed by atoms with Gasteiger partial charge in [0.2, 0.25) is 5.88 Å². The van der Waals surface area contributed by atoms with Crippen LogP contribution in [0.4, 0.5) is 0 Å². The topological polar surface area (TPSA) is 76.1 Å². The minimum Gasteiger partial charge on any atom is -0.444 e. The average Bonchev–Trinajstić information content (AvgIpc) is 3.07. The number of hydrogen-bond donors (Lipinski definition) is 1. The number of benzene rings is 1. The van der Waals surface area contributed by atoms with Crippen LogP contribution in [0.3, 0.4) is 0 Å². The lowest BCUT2D eigenvalue weighted by Crippen LogP contribution is -2.33. The summed E-state index contributed by atoms with van der Waals surface area (Å²) in [5, 5.41) is 11.1. The van der Waals surface area contributed by atoms with Crippen LogP contribution in [0.1, 0.15) is 37.5 Å². The lowest BCUT2D eigenvalue weighted by molar-refractivity contribution is -0.119. The minimum atomic E-state index is -0.564. The molecule has 1 unspecified atom stereocenters. The van der Waals surface area contributed by atoms with Crippen LogP contribution in [0.2, 0.25) is 15.1 Å². The maximum atomic E-state index is 13.1. The van der Waals surface area contributed by atoms with E-state index in [0.717, 1.165) is 9.75 Å². The van der Waals surface area contributed by atoms with Gasteiger partial charge in [-0.25, -0.2) is 0 Å². The summed E-state index contributed by atoms with van der Waals surface area (Å²) in [5.74, 6) is 0.00877. The highest BCUT2D eigenvalue weighted by Gasteiger charge is 2.43. The molecule has 1 aliphatic carbocycles. The number of carbonyl (C=O) groups is 1. The van der Waals surface area contributed by atoms with Gasteiger partial charge in [-0.15, -0.1) is 11.3 Å². The maximum absolute atomic E-state index is 13.1. The number of ether oxygens (including phenoxy) is 1. The van der Waals surface area contributed by atoms with Gasteiger partial charge in [-0.2, -0.15) is 5.26 Å². The summed E-state index contributed by atoms with van der Waals surface area (Å²) in [6.45, 7) is 4.03. The van der Waals surface area contributed by atoms with Gasteiger partial charge in [0, 0.05) is 38.8 Å². The highest BCUT2D eigenvalue weighted by molar-refractivity contribution is 7.15. The van der Waals surface area contributed by atoms with Gasteiger partial charge in [-0.05, 0) is 29.7 Å². The molecule has 0 saturated carbocycles. The van der Waals surface area contributed by atoms with Crippen molar-refractivity contribution in [1.82, 2.24) is 0 Å². The van der Waals surface area contributed by atoms with E-state index in [-0.39, 0.29) is 22.7 Å². The van der Waals surface area contributed by atoms with Crippen LogP contribution in [0.25, 0.3) is 10.4 Å². The number of Topliss-reactive ketones (excluding diaryl/α,β-unsaturated/α-hetero) is 1. The van der Waals surface area contributed by atoms with Crippen molar-refractivity contribution in [3.05, 3.63) is 67.0 Å². The van der Waals surface area contributed by atoms with Gasteiger partial charge >= 0.3 is 0 Å². The standard InChI is InChI=1S/C22H17Cl3N2O2S/c1-22(2)7-14(28)20-15(8-22)29-21(27)11(9-26)18(20)16-3-4-17(30-16)19-12(24)5-10(23)6-13(19)25/h3-6,18H,7-8,27H2,1-2H3. The summed E-state index contributed by atoms with van der Waals surface area (Å²) in [7, 11) is 0. The molecule has 4 rings (SSSR count). The molecule has 0 spiro atoms. The van der Waals surface area contributed by atoms with Gasteiger partial charge in [-0.1, -0.05) is 48.7 Å². The minimum absolute atomic E-state index is 0.0241. The van der Waals surface area contributed by atoms with Gasteiger partial charge < -0.3 is 10.5 Å². The molecule has 2 aromatic rings. The van der Waals surface area contributed by atoms with Crippen molar-refractivity contribution in [1.29, 1.82) is 5.26 Å². The first kappa shape index (κ1) is 21.3. The second-order valence-corrected chi connectivity index (χ2v) is 10.5. The number of carbonyl (C=O) groups excluding carboxylic acids is 1. The Kier molecular flexibility index (Phi) is 5.40. The molecule has 2 N–H and O–H groups in total. The Labute approximate surface area is 193 Å². The van der Waals surface area contributed by atoms with Crippen molar-refractivity contribution in [2.45, 2.75) is 32.6 Å². The quantitative estimate of drug-likeness (QED) is 0.512. The summed E-state index contributed by atoms with van der Waals surface area (Å²) >= 11 is 20.2. The SMILES string of the molecule is CC1(C)CC(=O)C2=C(C1)OC(N)=C(C#N)C2c1ccc(-c2c(Cl)cc(Cl)cc2Cl)s1. The number of nitrogens with two attached hydrogens (primary N) is 1. The zero-order valence-electron chi connectivity index (χ0n) is 16.2. The van der Waals surface area contributed by atoms with E-state index in [1.807, 2.05) is 26.0 Å². The van der Waals surface area contributed by atoms with Gasteiger partial charge in [0.15, 0.2) is 5.78 Å². The number of allylic oxidation sites excluding steroid dienone is 3. The van der Waals surface area contributed by atoms with Gasteiger partial charge in [0.25, 0.3) is 0 Å². The molecule has 8 heteroatoms. The first-order valence-electron chi connectivity index (χ1n) is 9.20. The maximum Gasteiger partial charge on any atom is 0.205 e. The second kappa shape index (κ2) is 7.62. The van der Waals surface area contributed by atoms with E-state index < -0.39 is 5.92 Å². The van der Waals surface area contributed by atoms with Crippen LogP contribution >= 0.6 is 46.1 Å². The predicted octanol–water partition coefficient (Wildman–Crippen LogP) is 6.83. The lowest BCUT2D eigenvalue weighted by Gasteiger charge is -2.36. The Balaban J connectivity index is 1.85. The lowest BCUT2D eigenvalue weighted by atomic mass is 9.71. The van der Waals surface area contributed by atoms with Crippen molar-refractivity contribution in [3.63, 3.8) is 0 Å². The van der Waals surface area contributed by atoms with Crippen molar-refractivity contribution < 1.29 is 9.53 Å². The Morgan fingerprint density at radius 3 is 2.50 bits per heavy atom. The molecule has 0 radical (unpaired) electrons. The van der Waals surface area contributed by atoms with Crippen molar-refractivity contribution in [2.24, 2.45) is 11.1 Å². The fraction of sp³-hybridized carbons (Fsp3) is 0.273. The molecule has 2 heterocycles. The third kappa shape index (κ3) is 3.63. The largest absolute Gasteiger partial charge is 0.444 e. The number of rotatable bonds is 2. The average molecular weight is 480 g/mol. The van der Waals surface area contributed by atoms with Crippen LogP contribution < -0.4 is 5.73 Å². The number of thiophene rings is 1. The smallest absolute Gasteiger partial charge is 0.205 e. The molecule has 1 aliphatic heterocycles. The van der Waals surface area contributed by atoms with Crippen LogP contribution in [0.15, 0.2) is 47.1 Å². The Hall–Kier alpha value is -1.97. The number of nitriles is 1. The Bertz CT molecular complexity index is 1160. The van der Waals surface area contributed by atoms with Crippen LogP contribution in [0.5, 0.6) is 0 Å². The van der Waals surface area contributed by atoms with Gasteiger partial charge in [-0.3, -0.25) is 4.79 Å². The number of ketones is 1.